The van der Waals surface area contributed by atoms with E-state index in [0.29, 0.717) is 0 Å². The minimum atomic E-state index is -1.25. The molecule has 1 aromatic carbocycles. The molecule has 1 aromatic rings. The number of hydrogen-bond donors (Lipinski definition) is 2. The molecule has 1 rings (SSSR count). The van der Waals surface area contributed by atoms with Crippen molar-refractivity contribution in [2.24, 2.45) is 5.73 Å². The Kier molecular flexibility index (Phi) is 3.74. The van der Waals surface area contributed by atoms with E-state index in [-0.39, 0.29) is 23.2 Å². The van der Waals surface area contributed by atoms with Gasteiger partial charge in [-0.1, -0.05) is 0 Å². The van der Waals surface area contributed by atoms with E-state index in [9.17, 15) is 14.9 Å². The molecule has 0 fully saturated rings. The summed E-state index contributed by atoms with van der Waals surface area (Å²) in [6.45, 7) is 0. The van der Waals surface area contributed by atoms with Crippen LogP contribution >= 0.6 is 0 Å². The molecule has 0 aliphatic carbocycles. The maximum Gasteiger partial charge on any atom is 0.320 e. The number of nitrogens with zero attached hydrogens (tertiary/aromatic N) is 2. The van der Waals surface area contributed by atoms with Gasteiger partial charge in [0.05, 0.1) is 16.6 Å². The zero-order chi connectivity index (χ0) is 13.0. The Hall–Kier alpha value is -2.46. The van der Waals surface area contributed by atoms with Gasteiger partial charge in [0.1, 0.15) is 6.04 Å². The largest absolute Gasteiger partial charge is 0.480 e. The Morgan fingerprint density at radius 2 is 2.29 bits per heavy atom. The van der Waals surface area contributed by atoms with Crippen molar-refractivity contribution in [2.75, 3.05) is 0 Å². The molecule has 1 atom stereocenters. The van der Waals surface area contributed by atoms with Crippen LogP contribution in [0.15, 0.2) is 18.2 Å². The summed E-state index contributed by atoms with van der Waals surface area (Å²) in [5.74, 6) is -1.25. The highest BCUT2D eigenvalue weighted by atomic mass is 16.6. The van der Waals surface area contributed by atoms with Gasteiger partial charge in [-0.25, -0.2) is 0 Å². The van der Waals surface area contributed by atoms with E-state index in [1.54, 1.807) is 0 Å². The van der Waals surface area contributed by atoms with Gasteiger partial charge in [0.2, 0.25) is 0 Å². The summed E-state index contributed by atoms with van der Waals surface area (Å²) in [4.78, 5) is 20.7. The highest BCUT2D eigenvalue weighted by Gasteiger charge is 2.20. The van der Waals surface area contributed by atoms with Gasteiger partial charge in [-0.2, -0.15) is 5.26 Å². The Bertz CT molecular complexity index is 507. The van der Waals surface area contributed by atoms with Crippen LogP contribution in [0, 0.1) is 21.4 Å². The van der Waals surface area contributed by atoms with Crippen LogP contribution in [0.3, 0.4) is 0 Å². The van der Waals surface area contributed by atoms with E-state index in [1.165, 1.54) is 18.2 Å². The first-order valence-electron chi connectivity index (χ1n) is 4.61. The number of nitro benzene ring substituents is 1. The number of carboxylic acids is 1. The van der Waals surface area contributed by atoms with Crippen LogP contribution in [0.25, 0.3) is 0 Å². The van der Waals surface area contributed by atoms with E-state index in [1.807, 2.05) is 6.07 Å². The fourth-order valence-electron chi connectivity index (χ4n) is 1.32. The van der Waals surface area contributed by atoms with Crippen LogP contribution in [-0.4, -0.2) is 22.0 Å². The maximum absolute atomic E-state index is 10.7. The minimum Gasteiger partial charge on any atom is -0.480 e. The molecule has 0 aliphatic heterocycles. The summed E-state index contributed by atoms with van der Waals surface area (Å²) in [5, 5.41) is 28.0. The number of aliphatic carboxylic acids is 1. The molecular weight excluding hydrogens is 226 g/mol. The quantitative estimate of drug-likeness (QED) is 0.574. The van der Waals surface area contributed by atoms with Crippen molar-refractivity contribution in [2.45, 2.75) is 12.5 Å². The third-order valence-corrected chi connectivity index (χ3v) is 2.16. The van der Waals surface area contributed by atoms with Gasteiger partial charge < -0.3 is 10.8 Å². The van der Waals surface area contributed by atoms with Crippen LogP contribution in [0.4, 0.5) is 5.69 Å². The summed E-state index contributed by atoms with van der Waals surface area (Å²) in [6, 6.07) is 4.34. The monoisotopic (exact) mass is 235 g/mol. The molecule has 7 nitrogen and oxygen atoms in total. The molecule has 0 saturated heterocycles. The maximum atomic E-state index is 10.7. The number of hydrogen-bond acceptors (Lipinski definition) is 5. The molecule has 0 saturated carbocycles. The molecule has 17 heavy (non-hydrogen) atoms. The van der Waals surface area contributed by atoms with Gasteiger partial charge in [-0.05, 0) is 12.1 Å². The van der Waals surface area contributed by atoms with Gasteiger partial charge in [0.15, 0.2) is 0 Å². The van der Waals surface area contributed by atoms with Crippen molar-refractivity contribution in [1.29, 1.82) is 5.26 Å². The molecule has 1 unspecified atom stereocenters. The molecule has 0 aliphatic rings. The predicted molar refractivity (Wildman–Crippen MR) is 57.1 cm³/mol. The Morgan fingerprint density at radius 3 is 2.76 bits per heavy atom. The third kappa shape index (κ3) is 2.99. The number of nitriles is 1. The van der Waals surface area contributed by atoms with E-state index >= 15 is 0 Å². The molecule has 0 spiro atoms. The number of rotatable bonds is 4. The van der Waals surface area contributed by atoms with Crippen molar-refractivity contribution < 1.29 is 14.8 Å². The van der Waals surface area contributed by atoms with Crippen LogP contribution in [0.5, 0.6) is 0 Å². The Balaban J connectivity index is 3.14. The average Bonchev–Trinajstić information content (AvgIpc) is 2.28. The third-order valence-electron chi connectivity index (χ3n) is 2.16. The van der Waals surface area contributed by atoms with Crippen LogP contribution in [-0.2, 0) is 11.2 Å². The second-order valence-corrected chi connectivity index (χ2v) is 3.36. The highest BCUT2D eigenvalue weighted by molar-refractivity contribution is 5.73. The fourth-order valence-corrected chi connectivity index (χ4v) is 1.32. The molecule has 3 N–H and O–H groups in total. The molecule has 88 valence electrons. The van der Waals surface area contributed by atoms with E-state index in [2.05, 4.69) is 0 Å². The van der Waals surface area contributed by atoms with E-state index in [4.69, 9.17) is 16.1 Å². The SMILES string of the molecule is N#Cc1ccc([N+](=O)[O-])c(CC(N)C(=O)O)c1. The summed E-state index contributed by atoms with van der Waals surface area (Å²) in [7, 11) is 0. The molecular formula is C10H9N3O4. The van der Waals surface area contributed by atoms with Crippen molar-refractivity contribution in [3.63, 3.8) is 0 Å². The molecule has 0 bridgehead atoms. The second kappa shape index (κ2) is 5.05. The minimum absolute atomic E-state index is 0.143. The zero-order valence-electron chi connectivity index (χ0n) is 8.66. The van der Waals surface area contributed by atoms with Crippen molar-refractivity contribution in [3.8, 4) is 6.07 Å². The van der Waals surface area contributed by atoms with Crippen molar-refractivity contribution >= 4 is 11.7 Å². The Labute approximate surface area is 96.2 Å². The van der Waals surface area contributed by atoms with Crippen molar-refractivity contribution in [3.05, 3.63) is 39.4 Å². The first-order chi connectivity index (χ1) is 7.95. The van der Waals surface area contributed by atoms with Gasteiger partial charge in [-0.3, -0.25) is 14.9 Å². The number of nitrogens with two attached hydrogens (primary N) is 1. The van der Waals surface area contributed by atoms with E-state index < -0.39 is 16.9 Å². The van der Waals surface area contributed by atoms with Gasteiger partial charge >= 0.3 is 5.97 Å². The van der Waals surface area contributed by atoms with Gasteiger partial charge in [0.25, 0.3) is 5.69 Å². The molecule has 0 aromatic heterocycles. The highest BCUT2D eigenvalue weighted by Crippen LogP contribution is 2.21. The number of carbonyl (C=O) groups is 1. The summed E-state index contributed by atoms with van der Waals surface area (Å²) >= 11 is 0. The number of nitro groups is 1. The van der Waals surface area contributed by atoms with Crippen LogP contribution in [0.2, 0.25) is 0 Å². The fraction of sp³-hybridized carbons (Fsp3) is 0.200. The number of carboxylic acid groups (broad SMARTS) is 1. The summed E-state index contributed by atoms with van der Waals surface area (Å²) < 4.78 is 0. The normalized spacial score (nSPS) is 11.5. The van der Waals surface area contributed by atoms with Crippen LogP contribution in [0.1, 0.15) is 11.1 Å². The first-order valence-corrected chi connectivity index (χ1v) is 4.61. The number of benzene rings is 1. The predicted octanol–water partition coefficient (Wildman–Crippen LogP) is 0.421. The smallest absolute Gasteiger partial charge is 0.320 e. The first kappa shape index (κ1) is 12.6. The van der Waals surface area contributed by atoms with Gasteiger partial charge in [-0.15, -0.1) is 0 Å². The lowest BCUT2D eigenvalue weighted by molar-refractivity contribution is -0.385. The summed E-state index contributed by atoms with van der Waals surface area (Å²) in [6.07, 6.45) is -0.193. The Morgan fingerprint density at radius 1 is 1.65 bits per heavy atom. The summed E-state index contributed by atoms with van der Waals surface area (Å²) in [5.41, 5.74) is 5.44. The lowest BCUT2D eigenvalue weighted by Crippen LogP contribution is -2.32. The van der Waals surface area contributed by atoms with Crippen molar-refractivity contribution in [1.82, 2.24) is 0 Å². The van der Waals surface area contributed by atoms with Gasteiger partial charge in [0, 0.05) is 18.1 Å². The lowest BCUT2D eigenvalue weighted by atomic mass is 10.0. The second-order valence-electron chi connectivity index (χ2n) is 3.36. The van der Waals surface area contributed by atoms with E-state index in [0.717, 1.165) is 0 Å². The molecule has 0 radical (unpaired) electrons. The standard InChI is InChI=1S/C10H9N3O4/c11-5-6-1-2-9(13(16)17)7(3-6)4-8(12)10(14)15/h1-3,8H,4,12H2,(H,14,15). The topological polar surface area (TPSA) is 130 Å². The zero-order valence-corrected chi connectivity index (χ0v) is 8.66. The molecule has 0 heterocycles. The van der Waals surface area contributed by atoms with Crippen LogP contribution < -0.4 is 5.73 Å². The average molecular weight is 235 g/mol. The molecule has 0 amide bonds. The molecule has 7 heteroatoms. The lowest BCUT2D eigenvalue weighted by Gasteiger charge is -2.07.